The summed E-state index contributed by atoms with van der Waals surface area (Å²) in [4.78, 5) is 23.3. The Morgan fingerprint density at radius 1 is 0.920 bits per heavy atom. The van der Waals surface area contributed by atoms with Gasteiger partial charge in [-0.2, -0.15) is 0 Å². The van der Waals surface area contributed by atoms with Crippen LogP contribution in [0.3, 0.4) is 0 Å². The zero-order chi connectivity index (χ0) is 18.7. The Balaban J connectivity index is 0.000000181. The van der Waals surface area contributed by atoms with Crippen molar-refractivity contribution < 1.29 is 9.85 Å². The van der Waals surface area contributed by atoms with E-state index >= 15 is 0 Å². The number of nitrogens with one attached hydrogen (secondary N) is 1. The van der Waals surface area contributed by atoms with Crippen molar-refractivity contribution in [2.45, 2.75) is 20.8 Å². The lowest BCUT2D eigenvalue weighted by atomic mass is 10.1. The summed E-state index contributed by atoms with van der Waals surface area (Å²) in [6.07, 6.45) is 1.71. The van der Waals surface area contributed by atoms with Crippen LogP contribution in [-0.4, -0.2) is 14.8 Å². The minimum atomic E-state index is -0.418. The Morgan fingerprint density at radius 2 is 1.48 bits per heavy atom. The number of nitrogens with zero attached hydrogens (tertiary/aromatic N) is 2. The number of benzene rings is 2. The Labute approximate surface area is 143 Å². The SMILES string of the molecule is Cc1cc(N)c(C)c([N+](=O)[O-])c1.Cc1cc([N+](=O)[O-])c2cc[nH]c2c1. The predicted octanol–water partition coefficient (Wildman–Crippen LogP) is 4.18. The molecule has 0 radical (unpaired) electrons. The molecule has 0 unspecified atom stereocenters. The standard InChI is InChI=1S/C9H8N2O2.C8H10N2O2/c1-6-4-8-7(2-3-10-8)9(5-6)11(12)13;1-5-3-7(9)6(2)8(4-5)10(11)12/h2-5,10H,1H3;3-4H,9H2,1-2H3. The molecule has 3 N–H and O–H groups in total. The number of fused-ring (bicyclic) bond motifs is 1. The lowest BCUT2D eigenvalue weighted by Gasteiger charge is -2.02. The number of rotatable bonds is 2. The van der Waals surface area contributed by atoms with Crippen LogP contribution in [0.25, 0.3) is 10.9 Å². The summed E-state index contributed by atoms with van der Waals surface area (Å²) in [6, 6.07) is 8.43. The van der Waals surface area contributed by atoms with Crippen molar-refractivity contribution in [1.29, 1.82) is 0 Å². The molecule has 0 aliphatic rings. The minimum absolute atomic E-state index is 0.0903. The number of anilines is 1. The average molecular weight is 342 g/mol. The molecule has 25 heavy (non-hydrogen) atoms. The van der Waals surface area contributed by atoms with Gasteiger partial charge >= 0.3 is 0 Å². The third-order valence-corrected chi connectivity index (χ3v) is 3.75. The molecule has 3 rings (SSSR count). The van der Waals surface area contributed by atoms with E-state index < -0.39 is 4.92 Å². The van der Waals surface area contributed by atoms with E-state index in [-0.39, 0.29) is 16.3 Å². The molecule has 0 amide bonds. The fourth-order valence-corrected chi connectivity index (χ4v) is 2.50. The van der Waals surface area contributed by atoms with Crippen molar-refractivity contribution in [3.05, 3.63) is 73.4 Å². The molecule has 8 nitrogen and oxygen atoms in total. The Kier molecular flexibility index (Phi) is 5.02. The highest BCUT2D eigenvalue weighted by Gasteiger charge is 2.13. The molecule has 0 saturated carbocycles. The Morgan fingerprint density at radius 3 is 2.08 bits per heavy atom. The third kappa shape index (κ3) is 3.92. The minimum Gasteiger partial charge on any atom is -0.398 e. The van der Waals surface area contributed by atoms with Crippen molar-refractivity contribution in [1.82, 2.24) is 4.98 Å². The Hall–Kier alpha value is -3.42. The number of aromatic nitrogens is 1. The predicted molar refractivity (Wildman–Crippen MR) is 96.7 cm³/mol. The number of nitrogen functional groups attached to an aromatic ring is 1. The molecule has 1 heterocycles. The normalized spacial score (nSPS) is 10.2. The van der Waals surface area contributed by atoms with E-state index in [2.05, 4.69) is 4.98 Å². The van der Waals surface area contributed by atoms with E-state index in [1.807, 2.05) is 13.0 Å². The van der Waals surface area contributed by atoms with E-state index in [1.165, 1.54) is 6.07 Å². The average Bonchev–Trinajstić information content (AvgIpc) is 2.98. The largest absolute Gasteiger partial charge is 0.398 e. The summed E-state index contributed by atoms with van der Waals surface area (Å²) in [5.41, 5.74) is 9.33. The number of aryl methyl sites for hydroxylation is 2. The summed E-state index contributed by atoms with van der Waals surface area (Å²) in [6.45, 7) is 5.27. The van der Waals surface area contributed by atoms with Crippen LogP contribution in [-0.2, 0) is 0 Å². The van der Waals surface area contributed by atoms with Gasteiger partial charge in [0, 0.05) is 29.6 Å². The molecule has 130 valence electrons. The number of hydrogen-bond acceptors (Lipinski definition) is 5. The van der Waals surface area contributed by atoms with Gasteiger partial charge in [-0.25, -0.2) is 0 Å². The molecule has 2 aromatic carbocycles. The van der Waals surface area contributed by atoms with Gasteiger partial charge in [0.1, 0.15) is 0 Å². The monoisotopic (exact) mass is 342 g/mol. The van der Waals surface area contributed by atoms with E-state index in [4.69, 9.17) is 5.73 Å². The van der Waals surface area contributed by atoms with Crippen LogP contribution in [0.5, 0.6) is 0 Å². The second-order valence-corrected chi connectivity index (χ2v) is 5.74. The highest BCUT2D eigenvalue weighted by atomic mass is 16.6. The van der Waals surface area contributed by atoms with E-state index in [0.29, 0.717) is 16.6 Å². The molecule has 0 aliphatic heterocycles. The van der Waals surface area contributed by atoms with Crippen molar-refractivity contribution >= 4 is 28.0 Å². The summed E-state index contributed by atoms with van der Waals surface area (Å²) >= 11 is 0. The smallest absolute Gasteiger partial charge is 0.279 e. The van der Waals surface area contributed by atoms with Gasteiger partial charge in [0.2, 0.25) is 0 Å². The Bertz CT molecular complexity index is 963. The van der Waals surface area contributed by atoms with E-state index in [1.54, 1.807) is 38.2 Å². The second-order valence-electron chi connectivity index (χ2n) is 5.74. The van der Waals surface area contributed by atoms with Crippen molar-refractivity contribution in [3.8, 4) is 0 Å². The molecule has 0 bridgehead atoms. The van der Waals surface area contributed by atoms with Gasteiger partial charge < -0.3 is 10.7 Å². The molecule has 8 heteroatoms. The summed E-state index contributed by atoms with van der Waals surface area (Å²) in [7, 11) is 0. The maximum Gasteiger partial charge on any atom is 0.279 e. The lowest BCUT2D eigenvalue weighted by Crippen LogP contribution is -1.97. The molecule has 3 aromatic rings. The van der Waals surface area contributed by atoms with Crippen LogP contribution >= 0.6 is 0 Å². The van der Waals surface area contributed by atoms with Crippen LogP contribution in [0.2, 0.25) is 0 Å². The van der Waals surface area contributed by atoms with Gasteiger partial charge in [0.15, 0.2) is 0 Å². The van der Waals surface area contributed by atoms with E-state index in [9.17, 15) is 20.2 Å². The molecule has 0 aliphatic carbocycles. The molecule has 0 saturated heterocycles. The number of H-pyrrole nitrogens is 1. The van der Waals surface area contributed by atoms with Gasteiger partial charge in [-0.05, 0) is 50.1 Å². The maximum absolute atomic E-state index is 10.7. The number of hydrogen-bond donors (Lipinski definition) is 2. The van der Waals surface area contributed by atoms with Gasteiger partial charge in [-0.1, -0.05) is 0 Å². The van der Waals surface area contributed by atoms with E-state index in [0.717, 1.165) is 16.6 Å². The third-order valence-electron chi connectivity index (χ3n) is 3.75. The maximum atomic E-state index is 10.7. The zero-order valence-electron chi connectivity index (χ0n) is 14.1. The molecule has 0 spiro atoms. The first-order valence-corrected chi connectivity index (χ1v) is 7.44. The topological polar surface area (TPSA) is 128 Å². The number of nitrogens with two attached hydrogens (primary N) is 1. The first-order chi connectivity index (χ1) is 11.7. The van der Waals surface area contributed by atoms with Crippen molar-refractivity contribution in [2.24, 2.45) is 0 Å². The van der Waals surface area contributed by atoms with Crippen LogP contribution in [0.1, 0.15) is 16.7 Å². The van der Waals surface area contributed by atoms with Gasteiger partial charge in [0.05, 0.1) is 20.7 Å². The number of nitro benzene ring substituents is 2. The van der Waals surface area contributed by atoms with Crippen LogP contribution in [0.15, 0.2) is 36.5 Å². The number of non-ortho nitro benzene ring substituents is 1. The van der Waals surface area contributed by atoms with Crippen LogP contribution < -0.4 is 5.73 Å². The first-order valence-electron chi connectivity index (χ1n) is 7.44. The van der Waals surface area contributed by atoms with Crippen LogP contribution in [0.4, 0.5) is 17.1 Å². The molecule has 1 aromatic heterocycles. The molecular weight excluding hydrogens is 324 g/mol. The second kappa shape index (κ2) is 7.00. The number of nitro groups is 2. The molecule has 0 fully saturated rings. The summed E-state index contributed by atoms with van der Waals surface area (Å²) < 4.78 is 0. The summed E-state index contributed by atoms with van der Waals surface area (Å²) in [5.74, 6) is 0. The van der Waals surface area contributed by atoms with Crippen molar-refractivity contribution in [2.75, 3.05) is 5.73 Å². The van der Waals surface area contributed by atoms with Crippen LogP contribution in [0, 0.1) is 41.0 Å². The lowest BCUT2D eigenvalue weighted by molar-refractivity contribution is -0.385. The van der Waals surface area contributed by atoms with Gasteiger partial charge in [0.25, 0.3) is 11.4 Å². The first kappa shape index (κ1) is 17.9. The summed E-state index contributed by atoms with van der Waals surface area (Å²) in [5, 5.41) is 21.8. The van der Waals surface area contributed by atoms with Gasteiger partial charge in [-0.3, -0.25) is 20.2 Å². The molecule has 0 atom stereocenters. The quantitative estimate of drug-likeness (QED) is 0.410. The zero-order valence-corrected chi connectivity index (χ0v) is 14.1. The highest BCUT2D eigenvalue weighted by molar-refractivity contribution is 5.89. The highest BCUT2D eigenvalue weighted by Crippen LogP contribution is 2.26. The fraction of sp³-hybridized carbons (Fsp3) is 0.176. The number of aromatic amines is 1. The molecular formula is C17H18N4O4. The fourth-order valence-electron chi connectivity index (χ4n) is 2.50. The van der Waals surface area contributed by atoms with Gasteiger partial charge in [-0.15, -0.1) is 0 Å². The van der Waals surface area contributed by atoms with Crippen molar-refractivity contribution in [3.63, 3.8) is 0 Å².